The first kappa shape index (κ1) is 18.7. The summed E-state index contributed by atoms with van der Waals surface area (Å²) < 4.78 is 8.45. The van der Waals surface area contributed by atoms with Gasteiger partial charge in [0, 0.05) is 31.7 Å². The van der Waals surface area contributed by atoms with E-state index in [0.717, 1.165) is 6.61 Å². The van der Waals surface area contributed by atoms with Crippen molar-refractivity contribution in [3.8, 4) is 0 Å². The average molecular weight is 381 g/mol. The molecular weight excluding hydrogens is 348 g/mol. The van der Waals surface area contributed by atoms with E-state index in [9.17, 15) is 0 Å². The standard InChI is InChI=1S/C23H32N2OSi/c1-27(2,3)14-13-26-17-25-21-12-8-7-11-19(21)23-20(15-24-16-22(23)25)18-9-5-4-6-10-18/h7-8,11-12,15-16,18H,4-6,9-10,13-14,17H2,1-3H3. The van der Waals surface area contributed by atoms with Gasteiger partial charge in [0.1, 0.15) is 6.73 Å². The Morgan fingerprint density at radius 3 is 2.59 bits per heavy atom. The van der Waals surface area contributed by atoms with Crippen LogP contribution >= 0.6 is 0 Å². The van der Waals surface area contributed by atoms with Crippen molar-refractivity contribution in [2.75, 3.05) is 6.61 Å². The van der Waals surface area contributed by atoms with Gasteiger partial charge in [-0.25, -0.2) is 0 Å². The van der Waals surface area contributed by atoms with Gasteiger partial charge >= 0.3 is 0 Å². The van der Waals surface area contributed by atoms with E-state index >= 15 is 0 Å². The predicted octanol–water partition coefficient (Wildman–Crippen LogP) is 6.55. The van der Waals surface area contributed by atoms with Crippen LogP contribution in [-0.4, -0.2) is 24.2 Å². The summed E-state index contributed by atoms with van der Waals surface area (Å²) in [6.45, 7) is 8.66. The zero-order chi connectivity index (χ0) is 18.9. The molecule has 4 rings (SSSR count). The molecule has 0 radical (unpaired) electrons. The highest BCUT2D eigenvalue weighted by atomic mass is 28.3. The molecule has 1 saturated carbocycles. The third-order valence-electron chi connectivity index (χ3n) is 5.97. The van der Waals surface area contributed by atoms with E-state index in [0.29, 0.717) is 12.6 Å². The molecule has 1 fully saturated rings. The van der Waals surface area contributed by atoms with Gasteiger partial charge < -0.3 is 9.30 Å². The fourth-order valence-electron chi connectivity index (χ4n) is 4.41. The van der Waals surface area contributed by atoms with Crippen LogP contribution in [0.5, 0.6) is 0 Å². The molecule has 1 aromatic carbocycles. The highest BCUT2D eigenvalue weighted by molar-refractivity contribution is 6.76. The summed E-state index contributed by atoms with van der Waals surface area (Å²) in [5.74, 6) is 0.655. The molecular formula is C23H32N2OSi. The van der Waals surface area contributed by atoms with Crippen molar-refractivity contribution < 1.29 is 4.74 Å². The molecule has 1 aliphatic carbocycles. The van der Waals surface area contributed by atoms with Crippen LogP contribution in [0.2, 0.25) is 25.7 Å². The Kier molecular flexibility index (Phi) is 5.38. The zero-order valence-corrected chi connectivity index (χ0v) is 18.0. The summed E-state index contributed by atoms with van der Waals surface area (Å²) in [6, 6.07) is 9.98. The van der Waals surface area contributed by atoms with Crippen molar-refractivity contribution >= 4 is 29.9 Å². The Morgan fingerprint density at radius 2 is 1.81 bits per heavy atom. The SMILES string of the molecule is C[Si](C)(C)CCOCn1c2ccccc2c2c(C3CCCCC3)cncc21. The number of nitrogens with zero attached hydrogens (tertiary/aromatic N) is 2. The number of hydrogen-bond donors (Lipinski definition) is 0. The van der Waals surface area contributed by atoms with Crippen LogP contribution in [0.15, 0.2) is 36.7 Å². The Bertz CT molecular complexity index is 919. The Morgan fingerprint density at radius 1 is 1.04 bits per heavy atom. The molecule has 3 aromatic rings. The molecule has 0 bridgehead atoms. The maximum Gasteiger partial charge on any atom is 0.123 e. The van der Waals surface area contributed by atoms with Gasteiger partial charge in [0.2, 0.25) is 0 Å². The van der Waals surface area contributed by atoms with Gasteiger partial charge in [-0.1, -0.05) is 57.1 Å². The number of fused-ring (bicyclic) bond motifs is 3. The molecule has 0 aliphatic heterocycles. The summed E-state index contributed by atoms with van der Waals surface area (Å²) in [5.41, 5.74) is 3.95. The molecule has 0 amide bonds. The predicted molar refractivity (Wildman–Crippen MR) is 117 cm³/mol. The topological polar surface area (TPSA) is 27.1 Å². The van der Waals surface area contributed by atoms with Gasteiger partial charge in [0.05, 0.1) is 17.2 Å². The van der Waals surface area contributed by atoms with Gasteiger partial charge in [-0.15, -0.1) is 0 Å². The van der Waals surface area contributed by atoms with Crippen molar-refractivity contribution in [1.82, 2.24) is 9.55 Å². The maximum absolute atomic E-state index is 6.13. The molecule has 27 heavy (non-hydrogen) atoms. The van der Waals surface area contributed by atoms with Gasteiger partial charge in [-0.05, 0) is 36.4 Å². The maximum atomic E-state index is 6.13. The Balaban J connectivity index is 1.72. The molecule has 1 aliphatic rings. The smallest absolute Gasteiger partial charge is 0.123 e. The number of rotatable bonds is 6. The lowest BCUT2D eigenvalue weighted by Gasteiger charge is -2.22. The average Bonchev–Trinajstić information content (AvgIpc) is 2.99. The molecule has 2 aromatic heterocycles. The largest absolute Gasteiger partial charge is 0.361 e. The number of benzene rings is 1. The van der Waals surface area contributed by atoms with Crippen molar-refractivity contribution in [3.05, 3.63) is 42.2 Å². The fourth-order valence-corrected chi connectivity index (χ4v) is 5.17. The number of aromatic nitrogens is 2. The second-order valence-corrected chi connectivity index (χ2v) is 14.9. The molecule has 2 heterocycles. The van der Waals surface area contributed by atoms with Crippen LogP contribution in [0.25, 0.3) is 21.8 Å². The van der Waals surface area contributed by atoms with E-state index in [1.807, 2.05) is 6.20 Å². The van der Waals surface area contributed by atoms with Crippen molar-refractivity contribution in [3.63, 3.8) is 0 Å². The third kappa shape index (κ3) is 3.97. The van der Waals surface area contributed by atoms with E-state index in [-0.39, 0.29) is 0 Å². The van der Waals surface area contributed by atoms with Crippen LogP contribution in [0.1, 0.15) is 43.6 Å². The minimum atomic E-state index is -1.06. The Hall–Kier alpha value is -1.65. The van der Waals surface area contributed by atoms with E-state index in [2.05, 4.69) is 59.7 Å². The summed E-state index contributed by atoms with van der Waals surface area (Å²) in [4.78, 5) is 4.64. The first-order valence-corrected chi connectivity index (χ1v) is 14.2. The molecule has 0 spiro atoms. The summed E-state index contributed by atoms with van der Waals surface area (Å²) in [7, 11) is -1.06. The van der Waals surface area contributed by atoms with E-state index in [1.54, 1.807) is 0 Å². The summed E-state index contributed by atoms with van der Waals surface area (Å²) >= 11 is 0. The first-order valence-electron chi connectivity index (χ1n) is 10.5. The van der Waals surface area contributed by atoms with Crippen LogP contribution in [0.4, 0.5) is 0 Å². The third-order valence-corrected chi connectivity index (χ3v) is 7.68. The van der Waals surface area contributed by atoms with E-state index in [1.165, 1.54) is 65.5 Å². The minimum absolute atomic E-state index is 0.615. The molecule has 3 nitrogen and oxygen atoms in total. The number of para-hydroxylation sites is 1. The first-order chi connectivity index (χ1) is 13.0. The zero-order valence-electron chi connectivity index (χ0n) is 17.0. The summed E-state index contributed by atoms with van der Waals surface area (Å²) in [5, 5.41) is 2.76. The van der Waals surface area contributed by atoms with Gasteiger partial charge in [0.15, 0.2) is 0 Å². The fraction of sp³-hybridized carbons (Fsp3) is 0.522. The van der Waals surface area contributed by atoms with Crippen molar-refractivity contribution in [2.24, 2.45) is 0 Å². The molecule has 4 heteroatoms. The molecule has 144 valence electrons. The monoisotopic (exact) mass is 380 g/mol. The number of hydrogen-bond acceptors (Lipinski definition) is 2. The van der Waals surface area contributed by atoms with Crippen LogP contribution < -0.4 is 0 Å². The van der Waals surface area contributed by atoms with Gasteiger partial charge in [-0.3, -0.25) is 4.98 Å². The minimum Gasteiger partial charge on any atom is -0.361 e. The van der Waals surface area contributed by atoms with E-state index < -0.39 is 8.07 Å². The molecule has 0 atom stereocenters. The normalized spacial score (nSPS) is 16.4. The second-order valence-electron chi connectivity index (χ2n) is 9.25. The molecule has 0 saturated heterocycles. The second kappa shape index (κ2) is 7.76. The van der Waals surface area contributed by atoms with Crippen molar-refractivity contribution in [1.29, 1.82) is 0 Å². The number of pyridine rings is 1. The summed E-state index contributed by atoms with van der Waals surface area (Å²) in [6.07, 6.45) is 10.8. The highest BCUT2D eigenvalue weighted by Crippen LogP contribution is 2.39. The molecule has 0 unspecified atom stereocenters. The van der Waals surface area contributed by atoms with Gasteiger partial charge in [-0.2, -0.15) is 0 Å². The Labute approximate surface area is 163 Å². The highest BCUT2D eigenvalue weighted by Gasteiger charge is 2.22. The van der Waals surface area contributed by atoms with Crippen LogP contribution in [0, 0.1) is 0 Å². The molecule has 0 N–H and O–H groups in total. The van der Waals surface area contributed by atoms with E-state index in [4.69, 9.17) is 4.74 Å². The lowest BCUT2D eigenvalue weighted by Crippen LogP contribution is -2.22. The van der Waals surface area contributed by atoms with Crippen molar-refractivity contribution in [2.45, 2.75) is 70.4 Å². The lowest BCUT2D eigenvalue weighted by atomic mass is 9.83. The quantitative estimate of drug-likeness (QED) is 0.358. The number of ether oxygens (including phenoxy) is 1. The van der Waals surface area contributed by atoms with Crippen LogP contribution in [0.3, 0.4) is 0 Å². The van der Waals surface area contributed by atoms with Gasteiger partial charge in [0.25, 0.3) is 0 Å². The lowest BCUT2D eigenvalue weighted by molar-refractivity contribution is 0.0929. The van der Waals surface area contributed by atoms with Crippen LogP contribution in [-0.2, 0) is 11.5 Å².